The molecule has 2 aliphatic rings. The van der Waals surface area contributed by atoms with Gasteiger partial charge in [0.2, 0.25) is 5.36 Å². The van der Waals surface area contributed by atoms with Crippen LogP contribution in [0.5, 0.6) is 11.5 Å². The van der Waals surface area contributed by atoms with E-state index >= 15 is 0 Å². The van der Waals surface area contributed by atoms with Gasteiger partial charge in [-0.25, -0.2) is 9.56 Å². The molecule has 0 saturated heterocycles. The van der Waals surface area contributed by atoms with Crippen molar-refractivity contribution in [2.24, 2.45) is 0 Å². The van der Waals surface area contributed by atoms with E-state index in [1.165, 1.54) is 0 Å². The van der Waals surface area contributed by atoms with Gasteiger partial charge in [-0.05, 0) is 53.6 Å². The first kappa shape index (κ1) is 32.3. The number of benzene rings is 4. The fourth-order valence-electron chi connectivity index (χ4n) is 4.19. The molecule has 8 N–H and O–H groups in total. The van der Waals surface area contributed by atoms with Gasteiger partial charge in [-0.2, -0.15) is 0 Å². The van der Waals surface area contributed by atoms with E-state index in [2.05, 4.69) is 33.7 Å². The predicted octanol–water partition coefficient (Wildman–Crippen LogP) is -0.226. The Bertz CT molecular complexity index is 1570. The molecular formula is C28H32ClN3O5S. The van der Waals surface area contributed by atoms with Gasteiger partial charge in [0.15, 0.2) is 0 Å². The molecule has 0 fully saturated rings. The van der Waals surface area contributed by atoms with Crippen molar-refractivity contribution in [2.75, 3.05) is 33.1 Å². The van der Waals surface area contributed by atoms with Crippen LogP contribution in [0.3, 0.4) is 0 Å². The van der Waals surface area contributed by atoms with E-state index in [9.17, 15) is 10.2 Å². The van der Waals surface area contributed by atoms with Crippen molar-refractivity contribution in [3.05, 3.63) is 78.2 Å². The molecule has 8 nitrogen and oxygen atoms in total. The van der Waals surface area contributed by atoms with Gasteiger partial charge < -0.3 is 43.9 Å². The van der Waals surface area contributed by atoms with Crippen molar-refractivity contribution in [1.82, 2.24) is 9.56 Å². The average molecular weight is 558 g/mol. The van der Waals surface area contributed by atoms with Gasteiger partial charge in [0.05, 0.1) is 26.4 Å². The number of fused-ring (bicyclic) bond motifs is 2. The van der Waals surface area contributed by atoms with E-state index in [1.54, 1.807) is 35.6 Å². The number of phenols is 2. The van der Waals surface area contributed by atoms with Crippen LogP contribution in [-0.4, -0.2) is 59.8 Å². The van der Waals surface area contributed by atoms with Gasteiger partial charge in [0.1, 0.15) is 25.6 Å². The second-order valence-electron chi connectivity index (χ2n) is 8.77. The van der Waals surface area contributed by atoms with E-state index in [4.69, 9.17) is 4.98 Å². The minimum Gasteiger partial charge on any atom is -1.00 e. The molecule has 0 amide bonds. The molecule has 0 aromatic heterocycles. The molecule has 1 heterocycles. The molecule has 0 spiro atoms. The largest absolute Gasteiger partial charge is 1.00 e. The van der Waals surface area contributed by atoms with Crippen LogP contribution in [0, 0.1) is 0 Å². The van der Waals surface area contributed by atoms with Crippen molar-refractivity contribution in [3.63, 3.8) is 0 Å². The summed E-state index contributed by atoms with van der Waals surface area (Å²) in [6.45, 7) is 0. The summed E-state index contributed by atoms with van der Waals surface area (Å²) in [5, 5.41) is 20.6. The molecule has 10 heteroatoms. The van der Waals surface area contributed by atoms with Gasteiger partial charge >= 0.3 is 0 Å². The third-order valence-electron chi connectivity index (χ3n) is 5.94. The molecule has 0 bridgehead atoms. The number of aromatic hydroxyl groups is 2. The maximum Gasteiger partial charge on any atom is 0.208 e. The standard InChI is InChI=1S/C28H25N3O2S.ClH.3H2O/c1-30(2)25-15-27-23(13-21(25)17-5-9-19(32)10-6-17)29-24-14-22(18-7-11-20(33)12-8-18)26(31(3)4)16-28(24)34-27;;;;/h5-16H,1-4H3,(H-,29,32,33);1H;3*1H2. The predicted molar refractivity (Wildman–Crippen MR) is 153 cm³/mol. The molecular weight excluding hydrogens is 526 g/mol. The van der Waals surface area contributed by atoms with E-state index in [0.29, 0.717) is 0 Å². The monoisotopic (exact) mass is 557 g/mol. The lowest BCUT2D eigenvalue weighted by Crippen LogP contribution is -3.00. The molecule has 1 aliphatic heterocycles. The quantitative estimate of drug-likeness (QED) is 0.232. The minimum absolute atomic E-state index is 0. The molecule has 0 atom stereocenters. The molecule has 3 aromatic rings. The number of nitrogens with zero attached hydrogens (tertiary/aromatic N) is 3. The Morgan fingerprint density at radius 2 is 1.26 bits per heavy atom. The number of halogens is 1. The van der Waals surface area contributed by atoms with Gasteiger partial charge in [-0.1, -0.05) is 24.3 Å². The topological polar surface area (TPSA) is 154 Å². The lowest BCUT2D eigenvalue weighted by atomic mass is 10.0. The zero-order valence-corrected chi connectivity index (χ0v) is 23.0. The third kappa shape index (κ3) is 6.04. The summed E-state index contributed by atoms with van der Waals surface area (Å²) in [5.41, 5.74) is 7.16. The van der Waals surface area contributed by atoms with Crippen molar-refractivity contribution in [3.8, 4) is 44.3 Å². The second-order valence-corrected chi connectivity index (χ2v) is 9.85. The molecule has 0 radical (unpaired) electrons. The van der Waals surface area contributed by atoms with Crippen LogP contribution in [-0.2, 0) is 0 Å². The van der Waals surface area contributed by atoms with Crippen LogP contribution in [0.15, 0.2) is 72.8 Å². The molecule has 0 saturated carbocycles. The van der Waals surface area contributed by atoms with Crippen LogP contribution in [0.25, 0.3) is 43.0 Å². The number of rotatable bonds is 3. The van der Waals surface area contributed by atoms with E-state index in [1.807, 2.05) is 52.5 Å². The Morgan fingerprint density at radius 3 is 1.76 bits per heavy atom. The lowest BCUT2D eigenvalue weighted by molar-refractivity contribution is -0.0000124. The number of anilines is 1. The first-order valence-corrected chi connectivity index (χ1v) is 11.8. The first-order valence-electron chi connectivity index (χ1n) is 11.0. The Hall–Kier alpha value is -3.73. The summed E-state index contributed by atoms with van der Waals surface area (Å²) in [7, 11) is 8.16. The maximum atomic E-state index is 9.73. The maximum absolute atomic E-state index is 9.73. The number of phenolic OH excluding ortho intramolecular Hbond substituents is 2. The number of aromatic nitrogens is 1. The van der Waals surface area contributed by atoms with Gasteiger partial charge in [-0.3, -0.25) is 0 Å². The Labute approximate surface area is 231 Å². The first-order chi connectivity index (χ1) is 16.3. The molecule has 5 rings (SSSR count). The zero-order valence-electron chi connectivity index (χ0n) is 21.5. The number of hydrogen-bond acceptors (Lipinski definition) is 5. The van der Waals surface area contributed by atoms with Crippen LogP contribution in [0.2, 0.25) is 0 Å². The highest BCUT2D eigenvalue weighted by Crippen LogP contribution is 2.39. The summed E-state index contributed by atoms with van der Waals surface area (Å²) < 4.78 is 3.22. The van der Waals surface area contributed by atoms with Crippen molar-refractivity contribution >= 4 is 27.2 Å². The highest BCUT2D eigenvalue weighted by Gasteiger charge is 2.17. The van der Waals surface area contributed by atoms with Crippen molar-refractivity contribution in [2.45, 2.75) is 0 Å². The SMILES string of the molecule is CN(C)c1cc2sc3cc(=[N+](C)C)c(-c4ccc(O)cc4)cc-3nc2cc1-c1ccc(O)cc1.O.O.O.[Cl-]. The summed E-state index contributed by atoms with van der Waals surface area (Å²) in [5.74, 6) is 0.501. The van der Waals surface area contributed by atoms with Gasteiger partial charge in [0, 0.05) is 31.4 Å². The Kier molecular flexibility index (Phi) is 10.8. The molecule has 1 aliphatic carbocycles. The molecule has 38 heavy (non-hydrogen) atoms. The Morgan fingerprint density at radius 1 is 0.737 bits per heavy atom. The second kappa shape index (κ2) is 12.7. The normalized spacial score (nSPS) is 10.0. The zero-order chi connectivity index (χ0) is 24.0. The highest BCUT2D eigenvalue weighted by atomic mass is 35.5. The summed E-state index contributed by atoms with van der Waals surface area (Å²) in [4.78, 5) is 8.28. The van der Waals surface area contributed by atoms with Crippen LogP contribution < -0.4 is 27.2 Å². The molecule has 0 unspecified atom stereocenters. The fourth-order valence-corrected chi connectivity index (χ4v) is 5.18. The van der Waals surface area contributed by atoms with Gasteiger partial charge in [0.25, 0.3) is 0 Å². The fraction of sp³-hybridized carbons (Fsp3) is 0.143. The summed E-state index contributed by atoms with van der Waals surface area (Å²) in [6.07, 6.45) is 0. The van der Waals surface area contributed by atoms with Gasteiger partial charge in [-0.15, -0.1) is 11.3 Å². The van der Waals surface area contributed by atoms with Crippen LogP contribution in [0.1, 0.15) is 0 Å². The van der Waals surface area contributed by atoms with Crippen LogP contribution in [0.4, 0.5) is 5.69 Å². The lowest BCUT2D eigenvalue weighted by Gasteiger charge is -2.19. The average Bonchev–Trinajstić information content (AvgIpc) is 2.82. The third-order valence-corrected chi connectivity index (χ3v) is 7.03. The van der Waals surface area contributed by atoms with E-state index < -0.39 is 0 Å². The van der Waals surface area contributed by atoms with Crippen molar-refractivity contribution < 1.29 is 39.0 Å². The smallest absolute Gasteiger partial charge is 0.208 e. The van der Waals surface area contributed by atoms with E-state index in [0.717, 1.165) is 54.1 Å². The minimum atomic E-state index is 0. The highest BCUT2D eigenvalue weighted by molar-refractivity contribution is 7.21. The summed E-state index contributed by atoms with van der Waals surface area (Å²) >= 11 is 1.73. The van der Waals surface area contributed by atoms with Crippen molar-refractivity contribution in [1.29, 1.82) is 0 Å². The molecule has 202 valence electrons. The summed E-state index contributed by atoms with van der Waals surface area (Å²) in [6, 6.07) is 23.2. The Balaban J connectivity index is 0.00000180. The number of hydrogen-bond donors (Lipinski definition) is 2. The van der Waals surface area contributed by atoms with E-state index in [-0.39, 0.29) is 40.3 Å². The molecule has 3 aromatic carbocycles. The van der Waals surface area contributed by atoms with Crippen LogP contribution >= 0.6 is 11.3 Å².